The first-order chi connectivity index (χ1) is 7.29. The van der Waals surface area contributed by atoms with Crippen molar-refractivity contribution in [2.24, 2.45) is 0 Å². The number of carbonyl (C=O) groups excluding carboxylic acids is 1. The summed E-state index contributed by atoms with van der Waals surface area (Å²) in [7, 11) is -4.97. The molecule has 1 heterocycles. The minimum absolute atomic E-state index is 0.116. The minimum atomic E-state index is -4.97. The van der Waals surface area contributed by atoms with Crippen molar-refractivity contribution in [3.05, 3.63) is 15.6 Å². The number of rotatable bonds is 5. The van der Waals surface area contributed by atoms with E-state index < -0.39 is 13.8 Å². The Morgan fingerprint density at radius 2 is 2.19 bits per heavy atom. The zero-order chi connectivity index (χ0) is 12.3. The van der Waals surface area contributed by atoms with E-state index in [4.69, 9.17) is 0 Å². The van der Waals surface area contributed by atoms with Crippen molar-refractivity contribution < 1.29 is 28.8 Å². The molecule has 0 saturated heterocycles. The summed E-state index contributed by atoms with van der Waals surface area (Å²) in [4.78, 5) is 35.0. The van der Waals surface area contributed by atoms with Gasteiger partial charge < -0.3 is 28.8 Å². The fraction of sp³-hybridized carbons (Fsp3) is 0.429. The van der Waals surface area contributed by atoms with Crippen LogP contribution in [0, 0.1) is 6.92 Å². The third-order valence-electron chi connectivity index (χ3n) is 1.65. The van der Waals surface area contributed by atoms with Crippen LogP contribution in [0.1, 0.15) is 20.4 Å². The Morgan fingerprint density at radius 3 is 2.62 bits per heavy atom. The van der Waals surface area contributed by atoms with Gasteiger partial charge in [0.25, 0.3) is 0 Å². The molecule has 1 rings (SSSR count). The van der Waals surface area contributed by atoms with Crippen molar-refractivity contribution in [1.29, 1.82) is 0 Å². The summed E-state index contributed by atoms with van der Waals surface area (Å²) in [5.74, 6) is -1.39. The molecule has 0 saturated carbocycles. The Morgan fingerprint density at radius 1 is 1.56 bits per heavy atom. The highest BCUT2D eigenvalue weighted by Gasteiger charge is 2.08. The van der Waals surface area contributed by atoms with Gasteiger partial charge in [0.05, 0.1) is 20.1 Å². The average Bonchev–Trinajstić information content (AvgIpc) is 2.46. The second kappa shape index (κ2) is 5.03. The number of thiazole rings is 1. The van der Waals surface area contributed by atoms with Gasteiger partial charge in [0, 0.05) is 11.3 Å². The van der Waals surface area contributed by atoms with Gasteiger partial charge in [0.15, 0.2) is 0 Å². The van der Waals surface area contributed by atoms with E-state index in [9.17, 15) is 24.3 Å². The van der Waals surface area contributed by atoms with Gasteiger partial charge >= 0.3 is 0 Å². The number of aromatic carboxylic acids is 1. The van der Waals surface area contributed by atoms with E-state index in [2.05, 4.69) is 9.51 Å². The van der Waals surface area contributed by atoms with Gasteiger partial charge in [-0.05, 0) is 6.92 Å². The number of carboxylic acid groups (broad SMARTS) is 1. The number of aromatic nitrogens is 1. The van der Waals surface area contributed by atoms with Gasteiger partial charge in [0.1, 0.15) is 11.0 Å². The van der Waals surface area contributed by atoms with Crippen molar-refractivity contribution in [3.8, 4) is 0 Å². The van der Waals surface area contributed by atoms with Crippen LogP contribution in [0.25, 0.3) is 0 Å². The van der Waals surface area contributed by atoms with Crippen LogP contribution in [0.3, 0.4) is 0 Å². The number of hydrogen-bond acceptors (Lipinski definition) is 8. The summed E-state index contributed by atoms with van der Waals surface area (Å²) in [5.41, 5.74) is 0.458. The van der Waals surface area contributed by atoms with Gasteiger partial charge in [0.2, 0.25) is 0 Å². The molecule has 1 aromatic heterocycles. The van der Waals surface area contributed by atoms with E-state index in [-0.39, 0.29) is 18.0 Å². The Balaban J connectivity index is 2.61. The molecule has 0 atom stereocenters. The topological polar surface area (TPSA) is 125 Å². The van der Waals surface area contributed by atoms with Crippen LogP contribution in [-0.2, 0) is 15.5 Å². The molecule has 0 N–H and O–H groups in total. The van der Waals surface area contributed by atoms with E-state index in [0.717, 1.165) is 11.3 Å². The van der Waals surface area contributed by atoms with Crippen molar-refractivity contribution in [3.63, 3.8) is 0 Å². The van der Waals surface area contributed by atoms with Crippen LogP contribution < -0.4 is 14.9 Å². The van der Waals surface area contributed by atoms with Gasteiger partial charge in [-0.2, -0.15) is 0 Å². The summed E-state index contributed by atoms with van der Waals surface area (Å²) < 4.78 is 14.2. The minimum Gasteiger partial charge on any atom is -0.790 e. The number of phosphoric acid groups is 1. The molecule has 0 radical (unpaired) electrons. The maximum absolute atomic E-state index is 10.5. The highest BCUT2D eigenvalue weighted by Crippen LogP contribution is 2.26. The maximum atomic E-state index is 10.5. The summed E-state index contributed by atoms with van der Waals surface area (Å²) in [6, 6.07) is 0. The van der Waals surface area contributed by atoms with Gasteiger partial charge in [-0.15, -0.1) is 11.3 Å². The molecule has 0 aliphatic rings. The van der Waals surface area contributed by atoms with Crippen LogP contribution in [0.4, 0.5) is 0 Å². The fourth-order valence-electron chi connectivity index (χ4n) is 0.997. The van der Waals surface area contributed by atoms with Crippen LogP contribution in [0.5, 0.6) is 0 Å². The van der Waals surface area contributed by atoms with E-state index in [0.29, 0.717) is 10.6 Å². The van der Waals surface area contributed by atoms with Crippen molar-refractivity contribution in [1.82, 2.24) is 4.98 Å². The first-order valence-electron chi connectivity index (χ1n) is 4.14. The quantitative estimate of drug-likeness (QED) is 0.574. The van der Waals surface area contributed by atoms with Crippen LogP contribution in [0.2, 0.25) is 0 Å². The summed E-state index contributed by atoms with van der Waals surface area (Å²) in [6.07, 6.45) is 0.116. The monoisotopic (exact) mass is 264 g/mol. The Bertz CT molecular complexity index is 438. The normalized spacial score (nSPS) is 11.7. The highest BCUT2D eigenvalue weighted by molar-refractivity contribution is 7.43. The third kappa shape index (κ3) is 3.99. The van der Waals surface area contributed by atoms with E-state index >= 15 is 0 Å². The first kappa shape index (κ1) is 13.3. The number of nitrogens with zero attached hydrogens (tertiary/aromatic N) is 1. The summed E-state index contributed by atoms with van der Waals surface area (Å²) in [6.45, 7) is 1.26. The predicted octanol–water partition coefficient (Wildman–Crippen LogP) is -1.80. The largest absolute Gasteiger partial charge is 0.790 e. The Labute approximate surface area is 95.0 Å². The van der Waals surface area contributed by atoms with Crippen LogP contribution in [0.15, 0.2) is 0 Å². The lowest BCUT2D eigenvalue weighted by Crippen LogP contribution is -2.21. The number of carbonyl (C=O) groups is 1. The smallest absolute Gasteiger partial charge is 0.139 e. The number of phosphoric ester groups is 1. The second-order valence-corrected chi connectivity index (χ2v) is 5.08. The zero-order valence-corrected chi connectivity index (χ0v) is 9.88. The molecule has 0 fully saturated rings. The van der Waals surface area contributed by atoms with E-state index in [1.807, 2.05) is 0 Å². The van der Waals surface area contributed by atoms with Crippen LogP contribution >= 0.6 is 19.2 Å². The molecule has 0 aliphatic carbocycles. The molecule has 16 heavy (non-hydrogen) atoms. The van der Waals surface area contributed by atoms with Gasteiger partial charge in [-0.1, -0.05) is 0 Å². The third-order valence-corrected chi connectivity index (χ3v) is 3.34. The number of hydrogen-bond donors (Lipinski definition) is 0. The van der Waals surface area contributed by atoms with Crippen molar-refractivity contribution in [2.75, 3.05) is 6.61 Å². The molecule has 0 bridgehead atoms. The summed E-state index contributed by atoms with van der Waals surface area (Å²) >= 11 is 0.871. The first-order valence-corrected chi connectivity index (χ1v) is 6.41. The van der Waals surface area contributed by atoms with Crippen molar-refractivity contribution in [2.45, 2.75) is 13.3 Å². The molecule has 1 aromatic rings. The number of aryl methyl sites for hydroxylation is 1. The highest BCUT2D eigenvalue weighted by atomic mass is 32.1. The molecule has 90 valence electrons. The lowest BCUT2D eigenvalue weighted by Gasteiger charge is -2.28. The Hall–Kier alpha value is -0.790. The number of carboxylic acids is 1. The zero-order valence-electron chi connectivity index (χ0n) is 8.17. The van der Waals surface area contributed by atoms with E-state index in [1.165, 1.54) is 0 Å². The lowest BCUT2D eigenvalue weighted by atomic mass is 10.3. The van der Waals surface area contributed by atoms with Crippen molar-refractivity contribution >= 4 is 25.1 Å². The fourth-order valence-corrected chi connectivity index (χ4v) is 2.19. The molecule has 7 nitrogen and oxygen atoms in total. The SMILES string of the molecule is Cc1nc(C(=O)[O-])sc1CCOP(=O)([O-])[O-]. The summed E-state index contributed by atoms with van der Waals surface area (Å²) in [5, 5.41) is 10.3. The molecule has 0 aromatic carbocycles. The van der Waals surface area contributed by atoms with Gasteiger partial charge in [-0.3, -0.25) is 0 Å². The molecule has 0 unspecified atom stereocenters. The molecule has 9 heteroatoms. The van der Waals surface area contributed by atoms with E-state index in [1.54, 1.807) is 6.92 Å². The molecular formula is C7H7NO6PS-3. The lowest BCUT2D eigenvalue weighted by molar-refractivity contribution is -0.341. The van der Waals surface area contributed by atoms with Gasteiger partial charge in [-0.25, -0.2) is 4.98 Å². The predicted molar refractivity (Wildman–Crippen MR) is 48.4 cm³/mol. The molecular weight excluding hydrogens is 257 g/mol. The molecule has 0 aliphatic heterocycles. The molecule has 0 amide bonds. The average molecular weight is 264 g/mol. The second-order valence-electron chi connectivity index (χ2n) is 2.85. The molecule has 0 spiro atoms. The Kier molecular flexibility index (Phi) is 4.17. The maximum Gasteiger partial charge on any atom is 0.139 e. The van der Waals surface area contributed by atoms with Crippen LogP contribution in [-0.4, -0.2) is 17.6 Å². The standard InChI is InChI=1S/C7H10NO6PS/c1-4-5(2-3-14-15(11,12)13)16-6(8-4)7(9)10/h2-3H2,1H3,(H,9,10)(H2,11,12,13)/p-3.